The zero-order chi connectivity index (χ0) is 11.5. The van der Waals surface area contributed by atoms with Gasteiger partial charge in [-0.05, 0) is 48.1 Å². The van der Waals surface area contributed by atoms with Gasteiger partial charge in [-0.15, -0.1) is 0 Å². The Morgan fingerprint density at radius 3 is 2.56 bits per heavy atom. The van der Waals surface area contributed by atoms with E-state index in [2.05, 4.69) is 23.8 Å². The first kappa shape index (κ1) is 13.7. The van der Waals surface area contributed by atoms with Crippen molar-refractivity contribution < 1.29 is 4.74 Å². The van der Waals surface area contributed by atoms with Gasteiger partial charge >= 0.3 is 0 Å². The van der Waals surface area contributed by atoms with Crippen LogP contribution in [0.4, 0.5) is 0 Å². The van der Waals surface area contributed by atoms with Gasteiger partial charge in [0.15, 0.2) is 0 Å². The van der Waals surface area contributed by atoms with Gasteiger partial charge in [0.25, 0.3) is 0 Å². The zero-order valence-corrected chi connectivity index (χ0v) is 11.2. The van der Waals surface area contributed by atoms with E-state index in [0.717, 1.165) is 13.2 Å². The minimum atomic E-state index is 0.952. The fourth-order valence-corrected chi connectivity index (χ4v) is 2.40. The second-order valence-corrected chi connectivity index (χ2v) is 5.04. The van der Waals surface area contributed by atoms with Crippen molar-refractivity contribution in [2.45, 2.75) is 51.9 Å². The van der Waals surface area contributed by atoms with Crippen molar-refractivity contribution in [2.75, 3.05) is 13.2 Å². The van der Waals surface area contributed by atoms with Crippen LogP contribution in [-0.4, -0.2) is 13.2 Å². The smallest absolute Gasteiger partial charge is 0.0466 e. The van der Waals surface area contributed by atoms with Gasteiger partial charge in [0.05, 0.1) is 0 Å². The molecule has 1 heterocycles. The first-order chi connectivity index (χ1) is 7.93. The topological polar surface area (TPSA) is 9.23 Å². The summed E-state index contributed by atoms with van der Waals surface area (Å²) in [6.07, 6.45) is 8.86. The molecule has 0 saturated carbocycles. The Balaban J connectivity index is 1.78. The summed E-state index contributed by atoms with van der Waals surface area (Å²) in [6, 6.07) is 2.23. The third kappa shape index (κ3) is 7.02. The van der Waals surface area contributed by atoms with Crippen LogP contribution >= 0.6 is 11.3 Å². The van der Waals surface area contributed by atoms with Crippen LogP contribution in [0.25, 0.3) is 0 Å². The van der Waals surface area contributed by atoms with Crippen LogP contribution in [0.15, 0.2) is 16.8 Å². The van der Waals surface area contributed by atoms with Crippen LogP contribution in [0.5, 0.6) is 0 Å². The third-order valence-electron chi connectivity index (χ3n) is 2.73. The number of rotatable bonds is 10. The highest BCUT2D eigenvalue weighted by molar-refractivity contribution is 7.07. The van der Waals surface area contributed by atoms with Crippen molar-refractivity contribution in [3.8, 4) is 0 Å². The normalized spacial score (nSPS) is 10.8. The van der Waals surface area contributed by atoms with E-state index in [-0.39, 0.29) is 0 Å². The summed E-state index contributed by atoms with van der Waals surface area (Å²) in [5.74, 6) is 0. The van der Waals surface area contributed by atoms with Gasteiger partial charge in [-0.2, -0.15) is 11.3 Å². The Bertz CT molecular complexity index is 231. The summed E-state index contributed by atoms with van der Waals surface area (Å²) >= 11 is 1.79. The van der Waals surface area contributed by atoms with Gasteiger partial charge in [0.2, 0.25) is 0 Å². The molecule has 0 radical (unpaired) electrons. The molecular formula is C14H24OS. The van der Waals surface area contributed by atoms with Crippen LogP contribution < -0.4 is 0 Å². The molecule has 1 aromatic heterocycles. The van der Waals surface area contributed by atoms with Crippen molar-refractivity contribution in [1.29, 1.82) is 0 Å². The summed E-state index contributed by atoms with van der Waals surface area (Å²) in [6.45, 7) is 4.14. The highest BCUT2D eigenvalue weighted by Crippen LogP contribution is 2.10. The van der Waals surface area contributed by atoms with E-state index in [1.54, 1.807) is 11.3 Å². The van der Waals surface area contributed by atoms with E-state index >= 15 is 0 Å². The molecule has 0 aliphatic carbocycles. The predicted molar refractivity (Wildman–Crippen MR) is 72.2 cm³/mol. The molecule has 0 amide bonds. The maximum atomic E-state index is 5.58. The van der Waals surface area contributed by atoms with Crippen molar-refractivity contribution >= 4 is 11.3 Å². The van der Waals surface area contributed by atoms with Gasteiger partial charge in [-0.1, -0.05) is 26.2 Å². The van der Waals surface area contributed by atoms with Crippen molar-refractivity contribution in [3.63, 3.8) is 0 Å². The number of ether oxygens (including phenoxy) is 1. The van der Waals surface area contributed by atoms with Crippen LogP contribution in [0.3, 0.4) is 0 Å². The maximum absolute atomic E-state index is 5.58. The molecule has 92 valence electrons. The number of hydrogen-bond donors (Lipinski definition) is 0. The molecule has 0 unspecified atom stereocenters. The summed E-state index contributed by atoms with van der Waals surface area (Å²) in [5.41, 5.74) is 1.49. The number of aryl methyl sites for hydroxylation is 1. The molecule has 0 aromatic carbocycles. The number of hydrogen-bond acceptors (Lipinski definition) is 2. The van der Waals surface area contributed by atoms with E-state index in [0.29, 0.717) is 0 Å². The first-order valence-corrected chi connectivity index (χ1v) is 7.46. The van der Waals surface area contributed by atoms with Crippen molar-refractivity contribution in [3.05, 3.63) is 22.4 Å². The Labute approximate surface area is 104 Å². The van der Waals surface area contributed by atoms with Gasteiger partial charge in [-0.3, -0.25) is 0 Å². The molecule has 0 N–H and O–H groups in total. The Kier molecular flexibility index (Phi) is 8.45. The van der Waals surface area contributed by atoms with Crippen LogP contribution in [-0.2, 0) is 11.2 Å². The molecule has 0 bridgehead atoms. The lowest BCUT2D eigenvalue weighted by molar-refractivity contribution is 0.126. The molecule has 0 saturated heterocycles. The van der Waals surface area contributed by atoms with Crippen molar-refractivity contribution in [2.24, 2.45) is 0 Å². The monoisotopic (exact) mass is 240 g/mol. The summed E-state index contributed by atoms with van der Waals surface area (Å²) in [5, 5.41) is 4.41. The summed E-state index contributed by atoms with van der Waals surface area (Å²) in [4.78, 5) is 0. The Morgan fingerprint density at radius 2 is 1.88 bits per heavy atom. The SMILES string of the molecule is CCCCCOCCCCCc1ccsc1. The molecule has 2 heteroatoms. The Morgan fingerprint density at radius 1 is 1.06 bits per heavy atom. The molecule has 16 heavy (non-hydrogen) atoms. The van der Waals surface area contributed by atoms with E-state index in [1.165, 1.54) is 50.5 Å². The highest BCUT2D eigenvalue weighted by Gasteiger charge is 1.94. The van der Waals surface area contributed by atoms with E-state index in [9.17, 15) is 0 Å². The van der Waals surface area contributed by atoms with E-state index in [1.807, 2.05) is 0 Å². The third-order valence-corrected chi connectivity index (χ3v) is 3.46. The molecule has 1 nitrogen and oxygen atoms in total. The average Bonchev–Trinajstić information content (AvgIpc) is 2.80. The van der Waals surface area contributed by atoms with Crippen molar-refractivity contribution in [1.82, 2.24) is 0 Å². The first-order valence-electron chi connectivity index (χ1n) is 6.52. The summed E-state index contributed by atoms with van der Waals surface area (Å²) < 4.78 is 5.58. The van der Waals surface area contributed by atoms with Gasteiger partial charge in [0.1, 0.15) is 0 Å². The average molecular weight is 240 g/mol. The van der Waals surface area contributed by atoms with E-state index < -0.39 is 0 Å². The second-order valence-electron chi connectivity index (χ2n) is 4.26. The standard InChI is InChI=1S/C14H24OS/c1-2-3-6-10-15-11-7-4-5-8-14-9-12-16-13-14/h9,12-13H,2-8,10-11H2,1H3. The lowest BCUT2D eigenvalue weighted by Crippen LogP contribution is -1.97. The maximum Gasteiger partial charge on any atom is 0.0466 e. The minimum Gasteiger partial charge on any atom is -0.381 e. The molecule has 0 aliphatic heterocycles. The lowest BCUT2D eigenvalue weighted by atomic mass is 10.1. The highest BCUT2D eigenvalue weighted by atomic mass is 32.1. The van der Waals surface area contributed by atoms with Crippen LogP contribution in [0.1, 0.15) is 51.0 Å². The summed E-state index contributed by atoms with van der Waals surface area (Å²) in [7, 11) is 0. The zero-order valence-electron chi connectivity index (χ0n) is 10.4. The largest absolute Gasteiger partial charge is 0.381 e. The molecule has 1 rings (SSSR count). The predicted octanol–water partition coefficient (Wildman–Crippen LogP) is 4.67. The molecule has 0 fully saturated rings. The van der Waals surface area contributed by atoms with Gasteiger partial charge < -0.3 is 4.74 Å². The second kappa shape index (κ2) is 9.86. The van der Waals surface area contributed by atoms with Gasteiger partial charge in [0, 0.05) is 13.2 Å². The molecule has 0 atom stereocenters. The molecular weight excluding hydrogens is 216 g/mol. The molecule has 0 aliphatic rings. The quantitative estimate of drug-likeness (QED) is 0.540. The fraction of sp³-hybridized carbons (Fsp3) is 0.714. The van der Waals surface area contributed by atoms with Crippen LogP contribution in [0.2, 0.25) is 0 Å². The number of thiophene rings is 1. The lowest BCUT2D eigenvalue weighted by Gasteiger charge is -2.03. The number of unbranched alkanes of at least 4 members (excludes halogenated alkanes) is 4. The van der Waals surface area contributed by atoms with Gasteiger partial charge in [-0.25, -0.2) is 0 Å². The molecule has 1 aromatic rings. The minimum absolute atomic E-state index is 0.952. The van der Waals surface area contributed by atoms with Crippen LogP contribution in [0, 0.1) is 0 Å². The fourth-order valence-electron chi connectivity index (χ4n) is 1.70. The Hall–Kier alpha value is -0.340. The van der Waals surface area contributed by atoms with E-state index in [4.69, 9.17) is 4.74 Å². The molecule has 0 spiro atoms.